The number of hydrogen-bond acceptors (Lipinski definition) is 2. The average Bonchev–Trinajstić information content (AvgIpc) is 2.90. The van der Waals surface area contributed by atoms with Crippen molar-refractivity contribution in [3.63, 3.8) is 0 Å². The average molecular weight is 278 g/mol. The number of aromatic nitrogens is 2. The lowest BCUT2D eigenvalue weighted by atomic mass is 9.96. The third-order valence-electron chi connectivity index (χ3n) is 3.44. The predicted octanol–water partition coefficient (Wildman–Crippen LogP) is 3.45. The van der Waals surface area contributed by atoms with Gasteiger partial charge in [0.25, 0.3) is 0 Å². The molecule has 0 aliphatic rings. The van der Waals surface area contributed by atoms with Crippen LogP contribution in [0, 0.1) is 0 Å². The van der Waals surface area contributed by atoms with E-state index in [4.69, 9.17) is 0 Å². The lowest BCUT2D eigenvalue weighted by Crippen LogP contribution is -2.01. The fourth-order valence-corrected chi connectivity index (χ4v) is 2.47. The number of rotatable bonds is 3. The number of carboxylic acid groups (broad SMARTS) is 1. The molecular formula is C17H14N2O2. The third kappa shape index (κ3) is 2.31. The molecule has 0 spiro atoms. The monoisotopic (exact) mass is 278 g/mol. The Morgan fingerprint density at radius 3 is 2.29 bits per heavy atom. The number of nitrogens with zero attached hydrogens (tertiary/aromatic N) is 2. The number of benzene rings is 2. The standard InChI is InChI=1S/C17H14N2O2/c1-19-16(15(11-18-19)17(20)21)14-10-6-5-9-13(14)12-7-3-2-4-8-12/h2-11H,1H3,(H,20,21). The second-order valence-electron chi connectivity index (χ2n) is 4.75. The van der Waals surface area contributed by atoms with Crippen LogP contribution >= 0.6 is 0 Å². The molecule has 0 saturated carbocycles. The largest absolute Gasteiger partial charge is 0.478 e. The Bertz CT molecular complexity index is 792. The molecule has 3 rings (SSSR count). The first-order chi connectivity index (χ1) is 10.2. The van der Waals surface area contributed by atoms with E-state index in [1.165, 1.54) is 6.20 Å². The minimum absolute atomic E-state index is 0.209. The molecule has 2 aromatic carbocycles. The maximum absolute atomic E-state index is 11.4. The molecule has 0 aliphatic heterocycles. The molecule has 0 amide bonds. The summed E-state index contributed by atoms with van der Waals surface area (Å²) in [7, 11) is 1.75. The zero-order chi connectivity index (χ0) is 14.8. The highest BCUT2D eigenvalue weighted by Crippen LogP contribution is 2.33. The summed E-state index contributed by atoms with van der Waals surface area (Å²) in [4.78, 5) is 11.4. The highest BCUT2D eigenvalue weighted by molar-refractivity contribution is 5.97. The lowest BCUT2D eigenvalue weighted by Gasteiger charge is -2.11. The van der Waals surface area contributed by atoms with E-state index in [1.54, 1.807) is 11.7 Å². The summed E-state index contributed by atoms with van der Waals surface area (Å²) in [6.45, 7) is 0. The van der Waals surface area contributed by atoms with Gasteiger partial charge in [0.15, 0.2) is 0 Å². The maximum Gasteiger partial charge on any atom is 0.339 e. The fraction of sp³-hybridized carbons (Fsp3) is 0.0588. The predicted molar refractivity (Wildman–Crippen MR) is 81.0 cm³/mol. The van der Waals surface area contributed by atoms with Crippen LogP contribution in [0.1, 0.15) is 10.4 Å². The van der Waals surface area contributed by atoms with Crippen LogP contribution in [0.25, 0.3) is 22.4 Å². The van der Waals surface area contributed by atoms with Crippen LogP contribution in [0.2, 0.25) is 0 Å². The van der Waals surface area contributed by atoms with E-state index in [-0.39, 0.29) is 5.56 Å². The zero-order valence-corrected chi connectivity index (χ0v) is 11.5. The second-order valence-corrected chi connectivity index (χ2v) is 4.75. The van der Waals surface area contributed by atoms with Crippen LogP contribution in [0.5, 0.6) is 0 Å². The van der Waals surface area contributed by atoms with Crippen LogP contribution in [-0.4, -0.2) is 20.9 Å². The number of carbonyl (C=O) groups is 1. The molecule has 0 unspecified atom stereocenters. The molecule has 0 fully saturated rings. The summed E-state index contributed by atoms with van der Waals surface area (Å²) in [5.41, 5.74) is 3.72. The highest BCUT2D eigenvalue weighted by atomic mass is 16.4. The van der Waals surface area contributed by atoms with Gasteiger partial charge < -0.3 is 5.11 Å². The number of hydrogen-bond donors (Lipinski definition) is 1. The molecule has 3 aromatic rings. The molecule has 0 bridgehead atoms. The quantitative estimate of drug-likeness (QED) is 0.798. The lowest BCUT2D eigenvalue weighted by molar-refractivity contribution is 0.0697. The van der Waals surface area contributed by atoms with Gasteiger partial charge in [0.1, 0.15) is 5.56 Å². The van der Waals surface area contributed by atoms with E-state index in [1.807, 2.05) is 54.6 Å². The fourth-order valence-electron chi connectivity index (χ4n) is 2.47. The van der Waals surface area contributed by atoms with Crippen molar-refractivity contribution in [3.8, 4) is 22.4 Å². The van der Waals surface area contributed by atoms with Gasteiger partial charge in [-0.3, -0.25) is 4.68 Å². The van der Waals surface area contributed by atoms with Crippen molar-refractivity contribution in [1.82, 2.24) is 9.78 Å². The first kappa shape index (κ1) is 13.1. The molecule has 4 heteroatoms. The van der Waals surface area contributed by atoms with Gasteiger partial charge in [-0.05, 0) is 11.1 Å². The third-order valence-corrected chi connectivity index (χ3v) is 3.44. The Balaban J connectivity index is 2.26. The van der Waals surface area contributed by atoms with Gasteiger partial charge in [-0.2, -0.15) is 5.10 Å². The molecule has 104 valence electrons. The summed E-state index contributed by atoms with van der Waals surface area (Å²) in [5.74, 6) is -0.971. The van der Waals surface area contributed by atoms with Gasteiger partial charge in [-0.25, -0.2) is 4.79 Å². The van der Waals surface area contributed by atoms with Gasteiger partial charge >= 0.3 is 5.97 Å². The van der Waals surface area contributed by atoms with Crippen molar-refractivity contribution in [2.75, 3.05) is 0 Å². The summed E-state index contributed by atoms with van der Waals surface area (Å²) in [6, 6.07) is 17.7. The Labute approximate surface area is 122 Å². The van der Waals surface area contributed by atoms with E-state index in [0.717, 1.165) is 16.7 Å². The van der Waals surface area contributed by atoms with Crippen molar-refractivity contribution in [2.45, 2.75) is 0 Å². The van der Waals surface area contributed by atoms with E-state index in [2.05, 4.69) is 5.10 Å². The minimum Gasteiger partial charge on any atom is -0.478 e. The number of aromatic carboxylic acids is 1. The number of carboxylic acids is 1. The molecule has 1 N–H and O–H groups in total. The van der Waals surface area contributed by atoms with Crippen LogP contribution < -0.4 is 0 Å². The minimum atomic E-state index is -0.971. The molecule has 4 nitrogen and oxygen atoms in total. The molecule has 0 aliphatic carbocycles. The zero-order valence-electron chi connectivity index (χ0n) is 11.5. The van der Waals surface area contributed by atoms with Gasteiger partial charge in [-0.15, -0.1) is 0 Å². The molecule has 0 saturated heterocycles. The molecule has 21 heavy (non-hydrogen) atoms. The van der Waals surface area contributed by atoms with E-state index in [9.17, 15) is 9.90 Å². The summed E-state index contributed by atoms with van der Waals surface area (Å²) >= 11 is 0. The highest BCUT2D eigenvalue weighted by Gasteiger charge is 2.19. The van der Waals surface area contributed by atoms with Crippen molar-refractivity contribution in [2.24, 2.45) is 7.05 Å². The Kier molecular flexibility index (Phi) is 3.28. The first-order valence-electron chi connectivity index (χ1n) is 6.58. The summed E-state index contributed by atoms with van der Waals surface area (Å²) in [6.07, 6.45) is 1.39. The number of aryl methyl sites for hydroxylation is 1. The van der Waals surface area contributed by atoms with E-state index in [0.29, 0.717) is 5.69 Å². The molecule has 0 atom stereocenters. The van der Waals surface area contributed by atoms with Crippen molar-refractivity contribution >= 4 is 5.97 Å². The molecule has 1 heterocycles. The van der Waals surface area contributed by atoms with Crippen molar-refractivity contribution in [1.29, 1.82) is 0 Å². The molecule has 1 aromatic heterocycles. The molecule has 0 radical (unpaired) electrons. The van der Waals surface area contributed by atoms with Gasteiger partial charge in [0.2, 0.25) is 0 Å². The van der Waals surface area contributed by atoms with Gasteiger partial charge in [-0.1, -0.05) is 54.6 Å². The van der Waals surface area contributed by atoms with Gasteiger partial charge in [0, 0.05) is 12.6 Å². The van der Waals surface area contributed by atoms with Crippen molar-refractivity contribution in [3.05, 3.63) is 66.4 Å². The molecular weight excluding hydrogens is 264 g/mol. The Hall–Kier alpha value is -2.88. The SMILES string of the molecule is Cn1ncc(C(=O)O)c1-c1ccccc1-c1ccccc1. The topological polar surface area (TPSA) is 55.1 Å². The van der Waals surface area contributed by atoms with Crippen LogP contribution in [0.15, 0.2) is 60.8 Å². The van der Waals surface area contributed by atoms with Crippen LogP contribution in [0.4, 0.5) is 0 Å². The maximum atomic E-state index is 11.4. The first-order valence-corrected chi connectivity index (χ1v) is 6.58. The van der Waals surface area contributed by atoms with E-state index < -0.39 is 5.97 Å². The van der Waals surface area contributed by atoms with Crippen molar-refractivity contribution < 1.29 is 9.90 Å². The smallest absolute Gasteiger partial charge is 0.339 e. The summed E-state index contributed by atoms with van der Waals surface area (Å²) in [5, 5.41) is 13.4. The second kappa shape index (κ2) is 5.25. The van der Waals surface area contributed by atoms with E-state index >= 15 is 0 Å². The summed E-state index contributed by atoms with van der Waals surface area (Å²) < 4.78 is 1.60. The normalized spacial score (nSPS) is 10.5. The van der Waals surface area contributed by atoms with Crippen LogP contribution in [0.3, 0.4) is 0 Å². The Morgan fingerprint density at radius 1 is 1.00 bits per heavy atom. The van der Waals surface area contributed by atoms with Gasteiger partial charge in [0.05, 0.1) is 11.9 Å². The Morgan fingerprint density at radius 2 is 1.62 bits per heavy atom. The van der Waals surface area contributed by atoms with Crippen LogP contribution in [-0.2, 0) is 7.05 Å².